The van der Waals surface area contributed by atoms with Crippen molar-refractivity contribution in [1.82, 2.24) is 10.4 Å². The van der Waals surface area contributed by atoms with Crippen molar-refractivity contribution in [3.8, 4) is 0 Å². The first kappa shape index (κ1) is 13.5. The quantitative estimate of drug-likeness (QED) is 0.673. The molecule has 7 heteroatoms. The molecule has 2 N–H and O–H groups in total. The molecular weight excluding hydrogens is 284 g/mol. The summed E-state index contributed by atoms with van der Waals surface area (Å²) in [7, 11) is 0. The van der Waals surface area contributed by atoms with Crippen molar-refractivity contribution in [2.24, 2.45) is 5.10 Å². The van der Waals surface area contributed by atoms with Crippen LogP contribution in [0.2, 0.25) is 5.15 Å². The molecule has 0 saturated heterocycles. The number of hydrogen-bond acceptors (Lipinski definition) is 5. The highest BCUT2D eigenvalue weighted by atomic mass is 35.5. The Morgan fingerprint density at radius 2 is 2.16 bits per heavy atom. The molecule has 0 radical (unpaired) electrons. The number of amides is 1. The zero-order valence-electron chi connectivity index (χ0n) is 10.1. The van der Waals surface area contributed by atoms with Gasteiger partial charge in [0.1, 0.15) is 0 Å². The van der Waals surface area contributed by atoms with Crippen LogP contribution in [0.5, 0.6) is 0 Å². The van der Waals surface area contributed by atoms with Crippen LogP contribution in [0.15, 0.2) is 35.4 Å². The number of aromatic nitrogens is 1. The number of hydrogen-bond donors (Lipinski definition) is 2. The van der Waals surface area contributed by atoms with E-state index < -0.39 is 0 Å². The highest BCUT2D eigenvalue weighted by molar-refractivity contribution is 7.17. The van der Waals surface area contributed by atoms with Gasteiger partial charge in [-0.15, -0.1) is 0 Å². The molecule has 0 aliphatic heterocycles. The fourth-order valence-electron chi connectivity index (χ4n) is 1.27. The number of para-hydroxylation sites is 1. The van der Waals surface area contributed by atoms with E-state index >= 15 is 0 Å². The minimum atomic E-state index is -0.237. The summed E-state index contributed by atoms with van der Waals surface area (Å²) in [5.41, 5.74) is 3.24. The summed E-state index contributed by atoms with van der Waals surface area (Å²) in [6.45, 7) is 1.38. The topological polar surface area (TPSA) is 66.4 Å². The lowest BCUT2D eigenvalue weighted by molar-refractivity contribution is -0.118. The second-order valence-corrected chi connectivity index (χ2v) is 4.98. The molecule has 98 valence electrons. The fourth-order valence-corrected chi connectivity index (χ4v) is 2.32. The summed E-state index contributed by atoms with van der Waals surface area (Å²) >= 11 is 7.33. The summed E-state index contributed by atoms with van der Waals surface area (Å²) in [6.07, 6.45) is 1.47. The lowest BCUT2D eigenvalue weighted by Gasteiger charge is -1.99. The minimum absolute atomic E-state index is 0.237. The predicted octanol–water partition coefficient (Wildman–Crippen LogP) is 3.01. The molecule has 1 amide bonds. The Labute approximate surface area is 119 Å². The number of benzene rings is 1. The second-order valence-electron chi connectivity index (χ2n) is 3.59. The van der Waals surface area contributed by atoms with E-state index in [9.17, 15) is 4.79 Å². The molecule has 5 nitrogen and oxygen atoms in total. The van der Waals surface area contributed by atoms with Crippen LogP contribution in [0, 0.1) is 0 Å². The number of carbonyl (C=O) groups is 1. The van der Waals surface area contributed by atoms with Gasteiger partial charge in [0, 0.05) is 12.6 Å². The van der Waals surface area contributed by atoms with Gasteiger partial charge in [0.15, 0.2) is 10.3 Å². The summed E-state index contributed by atoms with van der Waals surface area (Å²) < 4.78 is 0. The van der Waals surface area contributed by atoms with Gasteiger partial charge in [0.05, 0.1) is 11.1 Å². The predicted molar refractivity (Wildman–Crippen MR) is 78.3 cm³/mol. The number of carbonyl (C=O) groups excluding carboxylic acids is 1. The smallest absolute Gasteiger partial charge is 0.236 e. The van der Waals surface area contributed by atoms with Crippen LogP contribution < -0.4 is 10.7 Å². The van der Waals surface area contributed by atoms with Gasteiger partial charge in [-0.25, -0.2) is 10.4 Å². The van der Waals surface area contributed by atoms with Crippen molar-refractivity contribution in [3.05, 3.63) is 40.4 Å². The summed E-state index contributed by atoms with van der Waals surface area (Å²) in [5.74, 6) is -0.237. The molecule has 0 fully saturated rings. The fraction of sp³-hybridized carbons (Fsp3) is 0.0833. The standard InChI is InChI=1S/C12H11ClN4OS/c1-8(18)17-14-7-10-11(13)16-12(19-10)15-9-5-3-2-4-6-9/h2-7H,1H3,(H,15,16)(H,17,18)/b14-7+. The Kier molecular flexibility index (Phi) is 4.48. The van der Waals surface area contributed by atoms with Gasteiger partial charge < -0.3 is 5.32 Å². The molecule has 0 unspecified atom stereocenters. The van der Waals surface area contributed by atoms with Crippen molar-refractivity contribution >= 4 is 45.9 Å². The normalized spacial score (nSPS) is 10.6. The Morgan fingerprint density at radius 3 is 2.84 bits per heavy atom. The summed E-state index contributed by atoms with van der Waals surface area (Å²) in [4.78, 5) is 15.5. The summed E-state index contributed by atoms with van der Waals surface area (Å²) in [6, 6.07) is 9.65. The van der Waals surface area contributed by atoms with Gasteiger partial charge in [-0.05, 0) is 12.1 Å². The highest BCUT2D eigenvalue weighted by Gasteiger charge is 2.07. The third-order valence-corrected chi connectivity index (χ3v) is 3.34. The third-order valence-electron chi connectivity index (χ3n) is 2.04. The van der Waals surface area contributed by atoms with E-state index in [1.165, 1.54) is 24.5 Å². The van der Waals surface area contributed by atoms with Crippen molar-refractivity contribution < 1.29 is 4.79 Å². The van der Waals surface area contributed by atoms with E-state index in [4.69, 9.17) is 11.6 Å². The zero-order chi connectivity index (χ0) is 13.7. The number of hydrazone groups is 1. The maximum atomic E-state index is 10.7. The van der Waals surface area contributed by atoms with Gasteiger partial charge >= 0.3 is 0 Å². The third kappa shape index (κ3) is 4.04. The minimum Gasteiger partial charge on any atom is -0.331 e. The molecule has 0 saturated carbocycles. The molecule has 19 heavy (non-hydrogen) atoms. The van der Waals surface area contributed by atoms with Crippen LogP contribution >= 0.6 is 22.9 Å². The van der Waals surface area contributed by atoms with E-state index in [-0.39, 0.29) is 5.91 Å². The summed E-state index contributed by atoms with van der Waals surface area (Å²) in [5, 5.41) is 7.91. The average molecular weight is 295 g/mol. The van der Waals surface area contributed by atoms with Crippen molar-refractivity contribution in [2.75, 3.05) is 5.32 Å². The molecule has 0 spiro atoms. The molecule has 0 bridgehead atoms. The lowest BCUT2D eigenvalue weighted by Crippen LogP contribution is -2.12. The Balaban J connectivity index is 2.08. The van der Waals surface area contributed by atoms with E-state index in [1.54, 1.807) is 0 Å². The van der Waals surface area contributed by atoms with E-state index in [0.29, 0.717) is 15.2 Å². The van der Waals surface area contributed by atoms with Crippen LogP contribution in [0.3, 0.4) is 0 Å². The lowest BCUT2D eigenvalue weighted by atomic mass is 10.3. The maximum Gasteiger partial charge on any atom is 0.236 e. The Bertz CT molecular complexity index is 597. The largest absolute Gasteiger partial charge is 0.331 e. The van der Waals surface area contributed by atoms with Crippen molar-refractivity contribution in [2.45, 2.75) is 6.92 Å². The molecule has 2 rings (SSSR count). The van der Waals surface area contributed by atoms with Gasteiger partial charge in [0.2, 0.25) is 5.91 Å². The molecule has 2 aromatic rings. The molecule has 0 aliphatic rings. The van der Waals surface area contributed by atoms with Crippen molar-refractivity contribution in [3.63, 3.8) is 0 Å². The molecule has 1 aromatic heterocycles. The van der Waals surface area contributed by atoms with Crippen LogP contribution in [0.1, 0.15) is 11.8 Å². The van der Waals surface area contributed by atoms with Gasteiger partial charge in [-0.3, -0.25) is 4.79 Å². The molecule has 0 aliphatic carbocycles. The number of anilines is 2. The second kappa shape index (κ2) is 6.31. The molecule has 1 heterocycles. The van der Waals surface area contributed by atoms with Crippen molar-refractivity contribution in [1.29, 1.82) is 0 Å². The number of nitrogens with one attached hydrogen (secondary N) is 2. The van der Waals surface area contributed by atoms with Gasteiger partial charge in [-0.1, -0.05) is 41.1 Å². The zero-order valence-corrected chi connectivity index (χ0v) is 11.6. The Morgan fingerprint density at radius 1 is 1.42 bits per heavy atom. The molecular formula is C12H11ClN4OS. The number of halogens is 1. The van der Waals surface area contributed by atoms with E-state index in [1.807, 2.05) is 30.3 Å². The SMILES string of the molecule is CC(=O)N/N=C/c1sc(Nc2ccccc2)nc1Cl. The number of thiazole rings is 1. The molecule has 0 atom stereocenters. The van der Waals surface area contributed by atoms with E-state index in [2.05, 4.69) is 20.8 Å². The highest BCUT2D eigenvalue weighted by Crippen LogP contribution is 2.27. The van der Waals surface area contributed by atoms with Crippen LogP contribution in [-0.4, -0.2) is 17.1 Å². The first-order valence-corrected chi connectivity index (χ1v) is 6.62. The number of nitrogens with zero attached hydrogens (tertiary/aromatic N) is 2. The van der Waals surface area contributed by atoms with Gasteiger partial charge in [-0.2, -0.15) is 5.10 Å². The maximum absolute atomic E-state index is 10.7. The average Bonchev–Trinajstić information content (AvgIpc) is 2.70. The monoisotopic (exact) mass is 294 g/mol. The molecule has 1 aromatic carbocycles. The van der Waals surface area contributed by atoms with Crippen LogP contribution in [0.4, 0.5) is 10.8 Å². The Hall–Kier alpha value is -1.92. The number of rotatable bonds is 4. The first-order chi connectivity index (χ1) is 9.15. The van der Waals surface area contributed by atoms with E-state index in [0.717, 1.165) is 5.69 Å². The van der Waals surface area contributed by atoms with Crippen LogP contribution in [0.25, 0.3) is 0 Å². The first-order valence-electron chi connectivity index (χ1n) is 5.43. The van der Waals surface area contributed by atoms with Gasteiger partial charge in [0.25, 0.3) is 0 Å². The van der Waals surface area contributed by atoms with Crippen LogP contribution in [-0.2, 0) is 4.79 Å².